The van der Waals surface area contributed by atoms with E-state index in [1.165, 1.54) is 0 Å². The van der Waals surface area contributed by atoms with Crippen LogP contribution in [0.3, 0.4) is 0 Å². The molecule has 1 aliphatic heterocycles. The fraction of sp³-hybridized carbons (Fsp3) is 0.857. The van der Waals surface area contributed by atoms with E-state index in [0.29, 0.717) is 0 Å². The van der Waals surface area contributed by atoms with E-state index in [1.54, 1.807) is 6.92 Å². The first-order valence-corrected chi connectivity index (χ1v) is 6.50. The zero-order valence-corrected chi connectivity index (χ0v) is 9.84. The molecule has 5 N–H and O–H groups in total. The van der Waals surface area contributed by atoms with Crippen molar-refractivity contribution in [3.05, 3.63) is 0 Å². The van der Waals surface area contributed by atoms with Crippen LogP contribution in [0.4, 0.5) is 4.79 Å². The van der Waals surface area contributed by atoms with Crippen LogP contribution in [0.15, 0.2) is 0 Å². The van der Waals surface area contributed by atoms with Crippen LogP contribution in [0.5, 0.6) is 0 Å². The molecule has 14 heavy (non-hydrogen) atoms. The third kappa shape index (κ3) is 2.76. The molecule has 6 nitrogen and oxygen atoms in total. The van der Waals surface area contributed by atoms with Gasteiger partial charge in [0.1, 0.15) is 0 Å². The minimum atomic E-state index is -1.03. The molecule has 1 fully saturated rings. The second-order valence-electron chi connectivity index (χ2n) is 3.15. The molecule has 1 amide bonds. The number of nitrogens with one attached hydrogen (secondary N) is 1. The molecule has 1 heterocycles. The third-order valence-corrected chi connectivity index (χ3v) is 3.05. The first-order valence-electron chi connectivity index (χ1n) is 4.18. The van der Waals surface area contributed by atoms with Gasteiger partial charge in [0.05, 0.1) is 0 Å². The molecule has 0 aliphatic carbocycles. The van der Waals surface area contributed by atoms with Gasteiger partial charge in [-0.1, -0.05) is 0 Å². The standard InChI is InChI=1S/C7H14IN2O4/c1-3-5(10-7(13)8-9)6(12)4(11)2-14-3/h3-6,11-12H,2,9H2,1H3,(H,10,13)/q-1/t3?,4-,5+,6+/m1/s1. The molecule has 4 atom stereocenters. The number of halogens is 1. The Bertz CT molecular complexity index is 216. The van der Waals surface area contributed by atoms with Gasteiger partial charge in [-0.15, -0.1) is 0 Å². The Morgan fingerprint density at radius 2 is 2.29 bits per heavy atom. The second-order valence-corrected chi connectivity index (χ2v) is 4.75. The van der Waals surface area contributed by atoms with E-state index in [2.05, 4.69) is 5.32 Å². The summed E-state index contributed by atoms with van der Waals surface area (Å²) in [5.41, 5.74) is 0. The van der Waals surface area contributed by atoms with E-state index in [-0.39, 0.29) is 16.6 Å². The average Bonchev–Trinajstić information content (AvgIpc) is 2.18. The summed E-state index contributed by atoms with van der Waals surface area (Å²) >= 11 is -1.03. The molecule has 7 heteroatoms. The van der Waals surface area contributed by atoms with E-state index in [0.717, 1.165) is 0 Å². The van der Waals surface area contributed by atoms with E-state index in [9.17, 15) is 15.0 Å². The summed E-state index contributed by atoms with van der Waals surface area (Å²) in [6, 6.07) is -0.575. The van der Waals surface area contributed by atoms with Crippen molar-refractivity contribution in [3.8, 4) is 0 Å². The number of rotatable bonds is 2. The topological polar surface area (TPSA) is 105 Å². The Morgan fingerprint density at radius 1 is 1.64 bits per heavy atom. The first-order chi connectivity index (χ1) is 6.56. The molecule has 0 aromatic rings. The van der Waals surface area contributed by atoms with Gasteiger partial charge in [0.25, 0.3) is 0 Å². The quantitative estimate of drug-likeness (QED) is 0.177. The normalized spacial score (nSPS) is 38.3. The van der Waals surface area contributed by atoms with E-state index in [4.69, 9.17) is 8.68 Å². The van der Waals surface area contributed by atoms with Crippen molar-refractivity contribution in [1.29, 1.82) is 0 Å². The third-order valence-electron chi connectivity index (χ3n) is 2.18. The summed E-state index contributed by atoms with van der Waals surface area (Å²) in [6.45, 7) is 1.82. The molecule has 84 valence electrons. The van der Waals surface area contributed by atoms with Gasteiger partial charge in [0, 0.05) is 0 Å². The number of carbonyl (C=O) groups excluding carboxylic acids is 1. The molecular weight excluding hydrogens is 303 g/mol. The minimum absolute atomic E-state index is 0.0897. The Labute approximate surface area is 92.4 Å². The van der Waals surface area contributed by atoms with Crippen LogP contribution in [-0.4, -0.2) is 45.1 Å². The molecule has 1 rings (SSSR count). The van der Waals surface area contributed by atoms with Crippen LogP contribution >= 0.6 is 0 Å². The fourth-order valence-corrected chi connectivity index (χ4v) is 1.87. The fourth-order valence-electron chi connectivity index (χ4n) is 1.33. The SMILES string of the molecule is CC1OC[C@@H](O)[C@H](O)[C@H]1NC(=O)[I-]N. The first kappa shape index (κ1) is 12.1. The molecule has 1 unspecified atom stereocenters. The summed E-state index contributed by atoms with van der Waals surface area (Å²) in [5, 5.41) is 21.4. The van der Waals surface area contributed by atoms with E-state index >= 15 is 0 Å². The van der Waals surface area contributed by atoms with Crippen LogP contribution in [0.2, 0.25) is 0 Å². The van der Waals surface area contributed by atoms with Crippen molar-refractivity contribution in [3.63, 3.8) is 0 Å². The van der Waals surface area contributed by atoms with Gasteiger partial charge in [-0.2, -0.15) is 0 Å². The Hall–Kier alpha value is 0.0400. The van der Waals surface area contributed by atoms with Gasteiger partial charge < -0.3 is 0 Å². The summed E-state index contributed by atoms with van der Waals surface area (Å²) in [4.78, 5) is 11.0. The van der Waals surface area contributed by atoms with E-state index < -0.39 is 39.7 Å². The van der Waals surface area contributed by atoms with Crippen LogP contribution in [0.25, 0.3) is 0 Å². The number of carbonyl (C=O) groups is 1. The molecule has 1 saturated heterocycles. The van der Waals surface area contributed by atoms with Crippen molar-refractivity contribution in [2.75, 3.05) is 6.61 Å². The van der Waals surface area contributed by atoms with Gasteiger partial charge in [-0.25, -0.2) is 0 Å². The van der Waals surface area contributed by atoms with Crippen LogP contribution < -0.4 is 30.7 Å². The number of aliphatic hydroxyl groups excluding tert-OH is 2. The molecule has 0 radical (unpaired) electrons. The number of hydrogen-bond acceptors (Lipinski definition) is 5. The molecule has 0 aromatic carbocycles. The molecule has 0 bridgehead atoms. The number of aliphatic hydroxyl groups is 2. The van der Waals surface area contributed by atoms with Crippen molar-refractivity contribution in [1.82, 2.24) is 5.32 Å². The maximum absolute atomic E-state index is 11.0. The summed E-state index contributed by atoms with van der Waals surface area (Å²) in [7, 11) is 0. The predicted octanol–water partition coefficient (Wildman–Crippen LogP) is -4.83. The molecular formula is C7H14IN2O4-. The van der Waals surface area contributed by atoms with Crippen LogP contribution in [-0.2, 0) is 4.74 Å². The van der Waals surface area contributed by atoms with Gasteiger partial charge in [-0.05, 0) is 0 Å². The second kappa shape index (κ2) is 5.21. The van der Waals surface area contributed by atoms with Gasteiger partial charge >= 0.3 is 92.3 Å². The zero-order valence-electron chi connectivity index (χ0n) is 7.68. The Balaban J connectivity index is 2.58. The van der Waals surface area contributed by atoms with Gasteiger partial charge in [0.15, 0.2) is 0 Å². The molecule has 0 spiro atoms. The van der Waals surface area contributed by atoms with Gasteiger partial charge in [0.2, 0.25) is 0 Å². The monoisotopic (exact) mass is 317 g/mol. The summed E-state index contributed by atoms with van der Waals surface area (Å²) in [6.07, 6.45) is -2.25. The van der Waals surface area contributed by atoms with Crippen molar-refractivity contribution < 1.29 is 41.2 Å². The average molecular weight is 317 g/mol. The number of amides is 1. The molecule has 1 aliphatic rings. The van der Waals surface area contributed by atoms with Crippen molar-refractivity contribution >= 4 is 3.91 Å². The van der Waals surface area contributed by atoms with Crippen molar-refractivity contribution in [2.24, 2.45) is 3.95 Å². The van der Waals surface area contributed by atoms with Crippen molar-refractivity contribution in [2.45, 2.75) is 31.3 Å². The maximum atomic E-state index is 11.0. The number of hydrogen-bond donors (Lipinski definition) is 4. The number of nitrogens with two attached hydrogens (primary N) is 1. The summed E-state index contributed by atoms with van der Waals surface area (Å²) < 4.78 is 10.1. The van der Waals surface area contributed by atoms with Crippen LogP contribution in [0, 0.1) is 0 Å². The Kier molecular flexibility index (Phi) is 4.51. The van der Waals surface area contributed by atoms with E-state index in [1.807, 2.05) is 0 Å². The predicted molar refractivity (Wildman–Crippen MR) is 43.9 cm³/mol. The van der Waals surface area contributed by atoms with Crippen LogP contribution in [0.1, 0.15) is 6.92 Å². The summed E-state index contributed by atoms with van der Waals surface area (Å²) in [5.74, 6) is 0. The molecule has 0 aromatic heterocycles. The number of ether oxygens (including phenoxy) is 1. The molecule has 0 saturated carbocycles. The Morgan fingerprint density at radius 3 is 2.86 bits per heavy atom. The zero-order chi connectivity index (χ0) is 10.7. The van der Waals surface area contributed by atoms with Gasteiger partial charge in [-0.3, -0.25) is 0 Å².